The van der Waals surface area contributed by atoms with Gasteiger partial charge in [-0.1, -0.05) is 56.3 Å². The minimum atomic E-state index is -0.0796. The van der Waals surface area contributed by atoms with Crippen LogP contribution in [0.1, 0.15) is 29.8 Å². The standard InChI is InChI=1S/C28H32N6OS/c1-3-33(4-2)19-18-29-26(35)22-14-16-23(17-15-22)30-28(36)32-27-31-24-12-8-9-13-25(24)34(27)20-21-10-6-5-7-11-21/h5-17H,3-4,18-20H2,1-2H3,(H,29,35)(H2,30,31,32,36). The van der Waals surface area contributed by atoms with Crippen LogP contribution >= 0.6 is 12.2 Å². The number of aromatic nitrogens is 2. The predicted octanol–water partition coefficient (Wildman–Crippen LogP) is 4.97. The Bertz CT molecular complexity index is 1300. The van der Waals surface area contributed by atoms with Crippen LogP contribution in [-0.4, -0.2) is 51.6 Å². The molecule has 0 aliphatic carbocycles. The number of anilines is 2. The number of rotatable bonds is 10. The van der Waals surface area contributed by atoms with Crippen LogP contribution in [0.4, 0.5) is 11.6 Å². The lowest BCUT2D eigenvalue weighted by Gasteiger charge is -2.18. The van der Waals surface area contributed by atoms with Crippen LogP contribution in [0.5, 0.6) is 0 Å². The highest BCUT2D eigenvalue weighted by atomic mass is 32.1. The van der Waals surface area contributed by atoms with Crippen LogP contribution in [-0.2, 0) is 6.54 Å². The second-order valence-corrected chi connectivity index (χ2v) is 8.84. The molecule has 3 N–H and O–H groups in total. The van der Waals surface area contributed by atoms with E-state index in [0.29, 0.717) is 29.7 Å². The van der Waals surface area contributed by atoms with Crippen molar-refractivity contribution in [2.45, 2.75) is 20.4 Å². The van der Waals surface area contributed by atoms with Crippen molar-refractivity contribution in [3.05, 3.63) is 90.0 Å². The number of carbonyl (C=O) groups is 1. The van der Waals surface area contributed by atoms with Crippen molar-refractivity contribution in [1.29, 1.82) is 0 Å². The van der Waals surface area contributed by atoms with Crippen molar-refractivity contribution in [1.82, 2.24) is 19.8 Å². The minimum Gasteiger partial charge on any atom is -0.351 e. The van der Waals surface area contributed by atoms with E-state index < -0.39 is 0 Å². The summed E-state index contributed by atoms with van der Waals surface area (Å²) in [5.74, 6) is 0.589. The number of likely N-dealkylation sites (N-methyl/N-ethyl adjacent to an activating group) is 1. The number of amides is 1. The first-order valence-corrected chi connectivity index (χ1v) is 12.7. The zero-order chi connectivity index (χ0) is 25.3. The van der Waals surface area contributed by atoms with Gasteiger partial charge in [0.1, 0.15) is 0 Å². The summed E-state index contributed by atoms with van der Waals surface area (Å²) >= 11 is 5.58. The number of fused-ring (bicyclic) bond motifs is 1. The number of nitrogens with zero attached hydrogens (tertiary/aromatic N) is 3. The van der Waals surface area contributed by atoms with Gasteiger partial charge in [-0.05, 0) is 67.3 Å². The molecule has 1 aromatic heterocycles. The molecule has 8 heteroatoms. The lowest BCUT2D eigenvalue weighted by atomic mass is 10.2. The number of nitrogens with one attached hydrogen (secondary N) is 3. The average Bonchev–Trinajstić information content (AvgIpc) is 3.24. The van der Waals surface area contributed by atoms with E-state index in [0.717, 1.165) is 36.4 Å². The molecule has 186 valence electrons. The number of thiocarbonyl (C=S) groups is 1. The topological polar surface area (TPSA) is 74.2 Å². The smallest absolute Gasteiger partial charge is 0.251 e. The van der Waals surface area contributed by atoms with Gasteiger partial charge < -0.3 is 25.4 Å². The number of benzene rings is 3. The molecule has 0 saturated carbocycles. The maximum absolute atomic E-state index is 12.5. The fourth-order valence-electron chi connectivity index (χ4n) is 4.04. The zero-order valence-electron chi connectivity index (χ0n) is 20.7. The summed E-state index contributed by atoms with van der Waals surface area (Å²) in [6.07, 6.45) is 0. The summed E-state index contributed by atoms with van der Waals surface area (Å²) in [5, 5.41) is 9.84. The van der Waals surface area contributed by atoms with Gasteiger partial charge in [0.15, 0.2) is 5.11 Å². The van der Waals surface area contributed by atoms with Crippen molar-refractivity contribution in [2.24, 2.45) is 0 Å². The molecule has 0 atom stereocenters. The fourth-order valence-corrected chi connectivity index (χ4v) is 4.24. The third-order valence-corrected chi connectivity index (χ3v) is 6.28. The molecule has 0 fully saturated rings. The Kier molecular flexibility index (Phi) is 8.65. The molecule has 0 radical (unpaired) electrons. The fraction of sp³-hybridized carbons (Fsp3) is 0.250. The summed E-state index contributed by atoms with van der Waals surface area (Å²) < 4.78 is 2.12. The van der Waals surface area contributed by atoms with Crippen molar-refractivity contribution in [3.63, 3.8) is 0 Å². The zero-order valence-corrected chi connectivity index (χ0v) is 21.5. The molecular weight excluding hydrogens is 468 g/mol. The molecule has 0 unspecified atom stereocenters. The second-order valence-electron chi connectivity index (χ2n) is 8.44. The largest absolute Gasteiger partial charge is 0.351 e. The van der Waals surface area contributed by atoms with E-state index in [1.807, 2.05) is 48.5 Å². The lowest BCUT2D eigenvalue weighted by molar-refractivity contribution is 0.0949. The van der Waals surface area contributed by atoms with Crippen molar-refractivity contribution < 1.29 is 4.79 Å². The van der Waals surface area contributed by atoms with E-state index >= 15 is 0 Å². The van der Waals surface area contributed by atoms with E-state index in [2.05, 4.69) is 57.5 Å². The second kappa shape index (κ2) is 12.3. The van der Waals surface area contributed by atoms with Crippen LogP contribution in [0, 0.1) is 0 Å². The number of para-hydroxylation sites is 2. The quantitative estimate of drug-likeness (QED) is 0.267. The molecule has 3 aromatic carbocycles. The van der Waals surface area contributed by atoms with Crippen LogP contribution in [0.2, 0.25) is 0 Å². The van der Waals surface area contributed by atoms with E-state index in [1.54, 1.807) is 12.1 Å². The molecule has 4 rings (SSSR count). The Balaban J connectivity index is 1.39. The van der Waals surface area contributed by atoms with E-state index in [-0.39, 0.29) is 5.91 Å². The third kappa shape index (κ3) is 6.47. The SMILES string of the molecule is CCN(CC)CCNC(=O)c1ccc(NC(=S)Nc2nc3ccccc3n2Cc2ccccc2)cc1. The van der Waals surface area contributed by atoms with Crippen LogP contribution in [0.3, 0.4) is 0 Å². The van der Waals surface area contributed by atoms with Gasteiger partial charge in [-0.3, -0.25) is 4.79 Å². The Labute approximate surface area is 217 Å². The van der Waals surface area contributed by atoms with Gasteiger partial charge in [0.2, 0.25) is 5.95 Å². The number of hydrogen-bond donors (Lipinski definition) is 3. The van der Waals surface area contributed by atoms with Crippen LogP contribution in [0.15, 0.2) is 78.9 Å². The van der Waals surface area contributed by atoms with Crippen molar-refractivity contribution in [2.75, 3.05) is 36.8 Å². The molecule has 36 heavy (non-hydrogen) atoms. The Hall–Kier alpha value is -3.75. The summed E-state index contributed by atoms with van der Waals surface area (Å²) in [6, 6.07) is 25.6. The molecule has 1 amide bonds. The summed E-state index contributed by atoms with van der Waals surface area (Å²) in [6.45, 7) is 8.33. The highest BCUT2D eigenvalue weighted by molar-refractivity contribution is 7.80. The maximum Gasteiger partial charge on any atom is 0.251 e. The minimum absolute atomic E-state index is 0.0796. The van der Waals surface area contributed by atoms with Gasteiger partial charge in [-0.15, -0.1) is 0 Å². The lowest BCUT2D eigenvalue weighted by Crippen LogP contribution is -2.34. The highest BCUT2D eigenvalue weighted by Gasteiger charge is 2.13. The van der Waals surface area contributed by atoms with Gasteiger partial charge >= 0.3 is 0 Å². The maximum atomic E-state index is 12.5. The number of hydrogen-bond acceptors (Lipinski definition) is 4. The first-order valence-electron chi connectivity index (χ1n) is 12.2. The predicted molar refractivity (Wildman–Crippen MR) is 152 cm³/mol. The van der Waals surface area contributed by atoms with Gasteiger partial charge in [-0.2, -0.15) is 0 Å². The number of carbonyl (C=O) groups excluding carboxylic acids is 1. The molecule has 0 spiro atoms. The molecule has 0 saturated heterocycles. The molecule has 0 bridgehead atoms. The first kappa shape index (κ1) is 25.3. The first-order chi connectivity index (χ1) is 17.6. The normalized spacial score (nSPS) is 11.0. The summed E-state index contributed by atoms with van der Waals surface area (Å²) in [7, 11) is 0. The van der Waals surface area contributed by atoms with Gasteiger partial charge in [0.05, 0.1) is 17.6 Å². The van der Waals surface area contributed by atoms with Gasteiger partial charge in [-0.25, -0.2) is 4.98 Å². The summed E-state index contributed by atoms with van der Waals surface area (Å²) in [5.41, 5.74) is 4.51. The monoisotopic (exact) mass is 500 g/mol. The molecular formula is C28H32N6OS. The summed E-state index contributed by atoms with van der Waals surface area (Å²) in [4.78, 5) is 19.5. The number of imidazole rings is 1. The van der Waals surface area contributed by atoms with Crippen LogP contribution in [0.25, 0.3) is 11.0 Å². The average molecular weight is 501 g/mol. The Morgan fingerprint density at radius 1 is 0.917 bits per heavy atom. The van der Waals surface area contributed by atoms with E-state index in [4.69, 9.17) is 17.2 Å². The molecule has 0 aliphatic rings. The molecule has 0 aliphatic heterocycles. The van der Waals surface area contributed by atoms with Crippen molar-refractivity contribution >= 4 is 45.9 Å². The van der Waals surface area contributed by atoms with Gasteiger partial charge in [0.25, 0.3) is 5.91 Å². The van der Waals surface area contributed by atoms with Crippen LogP contribution < -0.4 is 16.0 Å². The Morgan fingerprint density at radius 2 is 1.61 bits per heavy atom. The molecule has 4 aromatic rings. The van der Waals surface area contributed by atoms with Gasteiger partial charge in [0, 0.05) is 24.3 Å². The Morgan fingerprint density at radius 3 is 2.33 bits per heavy atom. The van der Waals surface area contributed by atoms with E-state index in [9.17, 15) is 4.79 Å². The van der Waals surface area contributed by atoms with Crippen molar-refractivity contribution in [3.8, 4) is 0 Å². The van der Waals surface area contributed by atoms with E-state index in [1.165, 1.54) is 5.56 Å². The third-order valence-electron chi connectivity index (χ3n) is 6.08. The molecule has 1 heterocycles. The molecule has 7 nitrogen and oxygen atoms in total. The highest BCUT2D eigenvalue weighted by Crippen LogP contribution is 2.21.